The van der Waals surface area contributed by atoms with Crippen LogP contribution in [0.3, 0.4) is 0 Å². The minimum atomic E-state index is -4.89. The van der Waals surface area contributed by atoms with E-state index >= 15 is 0 Å². The summed E-state index contributed by atoms with van der Waals surface area (Å²) in [5.41, 5.74) is 3.81. The van der Waals surface area contributed by atoms with Crippen LogP contribution >= 0.6 is 34.3 Å². The molecule has 124 heavy (non-hydrogen) atoms. The second-order valence-electron chi connectivity index (χ2n) is 28.4. The van der Waals surface area contributed by atoms with E-state index in [1.807, 2.05) is 40.7 Å². The van der Waals surface area contributed by atoms with Gasteiger partial charge in [-0.05, 0) is 201 Å². The van der Waals surface area contributed by atoms with Gasteiger partial charge in [-0.25, -0.2) is 23.4 Å². The molecule has 35 nitrogen and oxygen atoms in total. The Morgan fingerprint density at radius 3 is 1.69 bits per heavy atom. The summed E-state index contributed by atoms with van der Waals surface area (Å²) >= 11 is 8.14. The van der Waals surface area contributed by atoms with Crippen molar-refractivity contribution in [2.24, 2.45) is 20.5 Å². The van der Waals surface area contributed by atoms with Crippen LogP contribution < -0.4 is 19.7 Å². The molecule has 0 aliphatic rings. The Bertz CT molecular complexity index is 7470. The van der Waals surface area contributed by atoms with Crippen molar-refractivity contribution in [3.63, 3.8) is 0 Å². The molecule has 648 valence electrons. The van der Waals surface area contributed by atoms with E-state index in [4.69, 9.17) is 49.1 Å². The SMILES string of the molecule is CCc1cc(C)c(S(=O)(=O)O)c(CC)c1Nc1nc(N(c2nc3ccc(S(=O)(=O)O)cc3s2)c2c(CC)cc(C)c(S(=O)(=O)O)c2CC)cc(C)c1N=Nc1c(C#N)c(C(C)(C)C)nn1-c1nc2ccc(S(=O)(=O)O)cc2s1.Cc1ccc(S(=O)(=O)Nc2cc(S(=O)(=O)O)cc3ccc(N=Nc4cc(Cl)ccc4Oc4ccccc4)c(O)c23)cc1.O=S(=O)=O. The van der Waals surface area contributed by atoms with Crippen molar-refractivity contribution < 1.29 is 95.7 Å². The Morgan fingerprint density at radius 1 is 0.581 bits per heavy atom. The number of rotatable bonds is 24. The number of aromatic nitrogens is 5. The van der Waals surface area contributed by atoms with E-state index in [1.54, 1.807) is 113 Å². The molecular weight excluding hydrogens is 1810 g/mol. The Kier molecular flexibility index (Phi) is 27.3. The number of phenols is 1. The van der Waals surface area contributed by atoms with Crippen molar-refractivity contribution in [3.05, 3.63) is 212 Å². The first-order chi connectivity index (χ1) is 58.0. The maximum atomic E-state index is 13.3. The summed E-state index contributed by atoms with van der Waals surface area (Å²) in [5.74, 6) is 0.250. The molecule has 0 spiro atoms. The van der Waals surface area contributed by atoms with Gasteiger partial charge >= 0.3 is 10.6 Å². The topological polar surface area (TPSA) is 544 Å². The lowest BCUT2D eigenvalue weighted by Crippen LogP contribution is -2.19. The van der Waals surface area contributed by atoms with E-state index in [-0.39, 0.29) is 138 Å². The van der Waals surface area contributed by atoms with Crippen molar-refractivity contribution in [1.82, 2.24) is 24.7 Å². The summed E-state index contributed by atoms with van der Waals surface area (Å²) < 4.78 is 239. The number of nitriles is 1. The molecule has 13 aromatic rings. The van der Waals surface area contributed by atoms with Gasteiger partial charge in [0.2, 0.25) is 5.13 Å². The predicted molar refractivity (Wildman–Crippen MR) is 466 cm³/mol. The van der Waals surface area contributed by atoms with E-state index in [0.29, 0.717) is 66.7 Å². The van der Waals surface area contributed by atoms with Crippen LogP contribution in [0.1, 0.15) is 104 Å². The summed E-state index contributed by atoms with van der Waals surface area (Å²) in [6.45, 7) is 19.1. The molecule has 45 heteroatoms. The third-order valence-electron chi connectivity index (χ3n) is 18.8. The average molecular weight is 1880 g/mol. The second kappa shape index (κ2) is 36.3. The number of nitrogens with zero attached hydrogens (tertiary/aromatic N) is 11. The summed E-state index contributed by atoms with van der Waals surface area (Å²) in [7, 11) is -31.1. The monoisotopic (exact) mass is 1880 g/mol. The number of para-hydroxylation sites is 1. The van der Waals surface area contributed by atoms with Crippen molar-refractivity contribution in [2.45, 2.75) is 137 Å². The zero-order valence-electron chi connectivity index (χ0n) is 66.9. The number of fused-ring (bicyclic) bond motifs is 3. The predicted octanol–water partition coefficient (Wildman–Crippen LogP) is 18.2. The summed E-state index contributed by atoms with van der Waals surface area (Å²) in [6.07, 6.45) is 0.785. The minimum Gasteiger partial charge on any atom is -0.505 e. The number of aryl methyl sites for hydroxylation is 6. The van der Waals surface area contributed by atoms with Gasteiger partial charge < -0.3 is 15.2 Å². The number of benzene rings is 9. The molecule has 0 aliphatic carbocycles. The van der Waals surface area contributed by atoms with Crippen LogP contribution in [0.15, 0.2) is 201 Å². The third kappa shape index (κ3) is 20.6. The number of nitrogens with one attached hydrogen (secondary N) is 2. The number of pyridine rings is 1. The van der Waals surface area contributed by atoms with Gasteiger partial charge in [-0.15, -0.1) is 33.1 Å². The molecule has 13 rings (SSSR count). The highest BCUT2D eigenvalue weighted by molar-refractivity contribution is 7.92. The number of hydrogen-bond donors (Lipinski definition) is 8. The zero-order chi connectivity index (χ0) is 91.0. The fourth-order valence-electron chi connectivity index (χ4n) is 13.3. The molecule has 0 saturated carbocycles. The number of halogens is 1. The summed E-state index contributed by atoms with van der Waals surface area (Å²) in [5, 5.41) is 48.6. The minimum absolute atomic E-state index is 0.00566. The molecule has 4 aromatic heterocycles. The lowest BCUT2D eigenvalue weighted by atomic mass is 9.90. The fraction of sp³-hybridized carbons (Fsp3) is 0.203. The molecule has 9 aromatic carbocycles. The highest BCUT2D eigenvalue weighted by Gasteiger charge is 2.35. The first-order valence-corrected chi connectivity index (χ1v) is 48.3. The molecular formula is C79H74ClN13O22S9. The van der Waals surface area contributed by atoms with Crippen LogP contribution in [0.2, 0.25) is 5.02 Å². The molecule has 0 radical (unpaired) electrons. The van der Waals surface area contributed by atoms with Crippen LogP contribution in [-0.2, 0) is 102 Å². The molecule has 0 atom stereocenters. The van der Waals surface area contributed by atoms with Crippen LogP contribution in [0.5, 0.6) is 17.2 Å². The highest BCUT2D eigenvalue weighted by Crippen LogP contribution is 2.50. The van der Waals surface area contributed by atoms with Crippen LogP contribution in [-0.4, -0.2) is 116 Å². The Morgan fingerprint density at radius 2 is 1.14 bits per heavy atom. The van der Waals surface area contributed by atoms with Crippen molar-refractivity contribution >= 4 is 193 Å². The van der Waals surface area contributed by atoms with E-state index in [2.05, 4.69) is 36.4 Å². The van der Waals surface area contributed by atoms with Gasteiger partial charge in [0.1, 0.15) is 50.1 Å². The smallest absolute Gasteiger partial charge is 0.425 e. The van der Waals surface area contributed by atoms with Crippen molar-refractivity contribution in [1.29, 1.82) is 5.26 Å². The van der Waals surface area contributed by atoms with Crippen molar-refractivity contribution in [2.75, 3.05) is 14.9 Å². The number of anilines is 6. The number of thiazole rings is 2. The van der Waals surface area contributed by atoms with Gasteiger partial charge in [-0.2, -0.15) is 57.1 Å². The molecule has 4 heterocycles. The van der Waals surface area contributed by atoms with Crippen LogP contribution in [0, 0.1) is 39.0 Å². The fourth-order valence-corrected chi connectivity index (χ4v) is 20.3. The Hall–Kier alpha value is -11.5. The molecule has 0 aliphatic heterocycles. The number of phenolic OH excluding ortho intramolecular Hbond substituents is 1. The lowest BCUT2D eigenvalue weighted by molar-refractivity contribution is 0.479. The normalized spacial score (nSPS) is 12.3. The van der Waals surface area contributed by atoms with Crippen molar-refractivity contribution in [3.8, 4) is 28.4 Å². The summed E-state index contributed by atoms with van der Waals surface area (Å²) in [6, 6.07) is 39.1. The van der Waals surface area contributed by atoms with Gasteiger partial charge in [-0.3, -0.25) is 32.4 Å². The standard InChI is InChI=1S/C50H52N10O12S6.C29H22ClN3O7S2.O3S/c1-11-28-19-26(6)43(77(67,68)69)32(13-3)41(28)55-46-40(56-57-47-34(24-51)45(50(8,9)10)58-60(47)49-53-36-18-16-31(76(64,65)66)23-38(36)74-49)25(5)21-39(54-46)59(48-52-35-17-15-30(75(61,62)63)22-37(35)73-48)42-29(12-2)20-27(7)44(33(42)14-4)78(70,71)72;1-18-7-11-22(12-8-18)41(35,36)33-26-17-23(42(37,38)39)15-19-9-13-24(29(34)28(19)26)31-32-25-16-20(30)10-14-27(25)40-21-5-3-2-4-6-21;1-4(2)3/h15-23H,11-14H2,1-10H3,(H,54,55)(H,61,62,63)(H,64,65,66)(H,67,68,69)(H,70,71,72);2-17,33-34H,1H3,(H,37,38,39);. The molecule has 0 bridgehead atoms. The maximum Gasteiger partial charge on any atom is 0.425 e. The number of ether oxygens (including phenoxy) is 1. The molecule has 0 unspecified atom stereocenters. The zero-order valence-corrected chi connectivity index (χ0v) is 75.1. The first kappa shape index (κ1) is 93.2. The van der Waals surface area contributed by atoms with Gasteiger partial charge in [0.15, 0.2) is 28.3 Å². The van der Waals surface area contributed by atoms with E-state index in [1.165, 1.54) is 71.4 Å². The third-order valence-corrected chi connectivity index (χ3v) is 27.1. The van der Waals surface area contributed by atoms with E-state index < -0.39 is 92.2 Å². The van der Waals surface area contributed by atoms with E-state index in [9.17, 15) is 83.6 Å². The molecule has 0 amide bonds. The quantitative estimate of drug-likeness (QED) is 0.0206. The van der Waals surface area contributed by atoms with Gasteiger partial charge in [0.05, 0.1) is 62.5 Å². The first-order valence-electron chi connectivity index (χ1n) is 36.6. The maximum absolute atomic E-state index is 13.3. The van der Waals surface area contributed by atoms with E-state index in [0.717, 1.165) is 40.4 Å². The Balaban J connectivity index is 0.000000272. The van der Waals surface area contributed by atoms with Gasteiger partial charge in [0, 0.05) is 16.1 Å². The molecule has 0 saturated heterocycles. The lowest BCUT2D eigenvalue weighted by Gasteiger charge is -2.29. The Labute approximate surface area is 726 Å². The largest absolute Gasteiger partial charge is 0.505 e. The number of azo groups is 2. The van der Waals surface area contributed by atoms with Crippen LogP contribution in [0.4, 0.5) is 56.7 Å². The van der Waals surface area contributed by atoms with Gasteiger partial charge in [0.25, 0.3) is 60.6 Å². The highest BCUT2D eigenvalue weighted by atomic mass is 35.5. The molecule has 0 fully saturated rings. The average Bonchev–Trinajstić information content (AvgIpc) is 1.22. The summed E-state index contributed by atoms with van der Waals surface area (Å²) in [4.78, 5) is 14.1. The number of aromatic hydroxyl groups is 1. The van der Waals surface area contributed by atoms with Crippen LogP contribution in [0.25, 0.3) is 36.3 Å². The number of sulfonamides is 1. The number of hydrogen-bond acceptors (Lipinski definition) is 30. The van der Waals surface area contributed by atoms with Gasteiger partial charge in [-0.1, -0.05) is 137 Å². The second-order valence-corrected chi connectivity index (χ2v) is 39.9. The molecule has 8 N–H and O–H groups in total.